The molecule has 0 aromatic heterocycles. The lowest BCUT2D eigenvalue weighted by molar-refractivity contribution is 0.173. The maximum atomic E-state index is 15.1. The Bertz CT molecular complexity index is 882. The molecule has 0 unspecified atom stereocenters. The normalized spacial score (nSPS) is 18.8. The van der Waals surface area contributed by atoms with E-state index in [9.17, 15) is 0 Å². The zero-order valence-corrected chi connectivity index (χ0v) is 22.4. The van der Waals surface area contributed by atoms with Crippen LogP contribution in [0.5, 0.6) is 5.75 Å². The van der Waals surface area contributed by atoms with Gasteiger partial charge in [0.05, 0.1) is 6.61 Å². The third-order valence-electron chi connectivity index (χ3n) is 8.90. The van der Waals surface area contributed by atoms with Crippen LogP contribution >= 0.6 is 0 Å². The molecule has 1 nitrogen and oxygen atoms in total. The van der Waals surface area contributed by atoms with Gasteiger partial charge in [0.1, 0.15) is 11.6 Å². The minimum Gasteiger partial charge on any atom is -0.493 e. The van der Waals surface area contributed by atoms with Gasteiger partial charge in [-0.2, -0.15) is 0 Å². The Kier molecular flexibility index (Phi) is 10.0. The highest BCUT2D eigenvalue weighted by atomic mass is 19.1. The number of halogens is 1. The first-order chi connectivity index (χ1) is 16.4. The summed E-state index contributed by atoms with van der Waals surface area (Å²) in [6.45, 7) is 12.1. The molecule has 0 aliphatic heterocycles. The molecule has 0 amide bonds. The van der Waals surface area contributed by atoms with Crippen molar-refractivity contribution in [2.24, 2.45) is 17.3 Å². The summed E-state index contributed by atoms with van der Waals surface area (Å²) in [4.78, 5) is 0. The predicted octanol–water partition coefficient (Wildman–Crippen LogP) is 9.80. The average molecular weight is 467 g/mol. The van der Waals surface area contributed by atoms with E-state index >= 15 is 4.39 Å². The molecule has 2 heteroatoms. The number of hydrogen-bond donors (Lipinski definition) is 0. The molecule has 1 aliphatic rings. The summed E-state index contributed by atoms with van der Waals surface area (Å²) < 4.78 is 21.3. The fourth-order valence-corrected chi connectivity index (χ4v) is 5.76. The molecule has 1 fully saturated rings. The zero-order chi connectivity index (χ0) is 24.6. The highest BCUT2D eigenvalue weighted by Crippen LogP contribution is 2.36. The second kappa shape index (κ2) is 12.8. The molecule has 188 valence electrons. The molecule has 3 rings (SSSR count). The van der Waals surface area contributed by atoms with Crippen molar-refractivity contribution in [3.63, 3.8) is 0 Å². The zero-order valence-electron chi connectivity index (χ0n) is 22.4. The van der Waals surface area contributed by atoms with E-state index in [0.717, 1.165) is 60.1 Å². The van der Waals surface area contributed by atoms with Crippen molar-refractivity contribution < 1.29 is 9.13 Å². The highest BCUT2D eigenvalue weighted by Gasteiger charge is 2.24. The molecule has 0 heterocycles. The van der Waals surface area contributed by atoms with Crippen LogP contribution in [0, 0.1) is 23.1 Å². The molecule has 1 saturated carbocycles. The third-order valence-corrected chi connectivity index (χ3v) is 8.90. The van der Waals surface area contributed by atoms with Gasteiger partial charge in [-0.25, -0.2) is 4.39 Å². The summed E-state index contributed by atoms with van der Waals surface area (Å²) >= 11 is 0. The van der Waals surface area contributed by atoms with Crippen molar-refractivity contribution in [2.45, 2.75) is 105 Å². The van der Waals surface area contributed by atoms with Gasteiger partial charge in [0.15, 0.2) is 0 Å². The molecular formula is C32H47FO. The maximum Gasteiger partial charge on any atom is 0.131 e. The van der Waals surface area contributed by atoms with Crippen LogP contribution in [0.4, 0.5) is 4.39 Å². The molecule has 2 aromatic carbocycles. The van der Waals surface area contributed by atoms with E-state index in [1.54, 1.807) is 6.07 Å². The van der Waals surface area contributed by atoms with Crippen LogP contribution in [0.15, 0.2) is 36.4 Å². The lowest BCUT2D eigenvalue weighted by Crippen LogP contribution is -2.21. The second-order valence-corrected chi connectivity index (χ2v) is 10.8. The lowest BCUT2D eigenvalue weighted by atomic mass is 9.77. The van der Waals surface area contributed by atoms with Crippen LogP contribution in [0.3, 0.4) is 0 Å². The van der Waals surface area contributed by atoms with E-state index in [-0.39, 0.29) is 5.82 Å². The molecule has 0 radical (unpaired) electrons. The molecule has 0 spiro atoms. The van der Waals surface area contributed by atoms with Gasteiger partial charge in [-0.15, -0.1) is 0 Å². The Balaban J connectivity index is 1.64. The average Bonchev–Trinajstić information content (AvgIpc) is 2.87. The molecule has 0 atom stereocenters. The van der Waals surface area contributed by atoms with E-state index in [1.165, 1.54) is 51.4 Å². The van der Waals surface area contributed by atoms with Crippen molar-refractivity contribution in [3.8, 4) is 16.9 Å². The first-order valence-electron chi connectivity index (χ1n) is 14.0. The van der Waals surface area contributed by atoms with Gasteiger partial charge in [0, 0.05) is 5.56 Å². The van der Waals surface area contributed by atoms with Crippen LogP contribution in [0.25, 0.3) is 11.1 Å². The van der Waals surface area contributed by atoms with Crippen LogP contribution in [-0.4, -0.2) is 6.61 Å². The molecule has 0 bridgehead atoms. The number of aryl methyl sites for hydroxylation is 2. The minimum atomic E-state index is -0.107. The van der Waals surface area contributed by atoms with E-state index in [0.29, 0.717) is 11.0 Å². The molecule has 0 saturated heterocycles. The van der Waals surface area contributed by atoms with Gasteiger partial charge in [-0.1, -0.05) is 97.8 Å². The number of rotatable bonds is 12. The van der Waals surface area contributed by atoms with Crippen LogP contribution in [0.1, 0.15) is 104 Å². The second-order valence-electron chi connectivity index (χ2n) is 10.8. The third kappa shape index (κ3) is 6.86. The molecule has 1 aliphatic carbocycles. The van der Waals surface area contributed by atoms with Crippen LogP contribution in [0.2, 0.25) is 0 Å². The van der Waals surface area contributed by atoms with Crippen molar-refractivity contribution in [1.29, 1.82) is 0 Å². The molecular weight excluding hydrogens is 419 g/mol. The fourth-order valence-electron chi connectivity index (χ4n) is 5.76. The maximum absolute atomic E-state index is 15.1. The summed E-state index contributed by atoms with van der Waals surface area (Å²) in [5, 5.41) is 0. The number of benzene rings is 2. The summed E-state index contributed by atoms with van der Waals surface area (Å²) in [5.41, 5.74) is 4.30. The Morgan fingerprint density at radius 1 is 0.912 bits per heavy atom. The molecule has 2 aromatic rings. The van der Waals surface area contributed by atoms with E-state index in [4.69, 9.17) is 4.74 Å². The highest BCUT2D eigenvalue weighted by molar-refractivity contribution is 5.66. The van der Waals surface area contributed by atoms with Crippen LogP contribution in [-0.2, 0) is 12.8 Å². The summed E-state index contributed by atoms with van der Waals surface area (Å²) in [5.74, 6) is 2.54. The SMILES string of the molecule is CCc1cc(-c2ccc(CCC3CCC(C)CC3)cc2F)ccc1OCCC(CC)(CC)CC. The van der Waals surface area contributed by atoms with Crippen molar-refractivity contribution in [2.75, 3.05) is 6.61 Å². The van der Waals surface area contributed by atoms with E-state index < -0.39 is 0 Å². The topological polar surface area (TPSA) is 9.23 Å². The van der Waals surface area contributed by atoms with Crippen molar-refractivity contribution in [1.82, 2.24) is 0 Å². The van der Waals surface area contributed by atoms with E-state index in [1.807, 2.05) is 18.2 Å². The summed E-state index contributed by atoms with van der Waals surface area (Å²) in [6.07, 6.45) is 13.1. The first-order valence-corrected chi connectivity index (χ1v) is 14.0. The first kappa shape index (κ1) is 26.8. The minimum absolute atomic E-state index is 0.107. The van der Waals surface area contributed by atoms with Crippen molar-refractivity contribution in [3.05, 3.63) is 53.3 Å². The standard InChI is InChI=1S/C32H47FO/c1-6-27-23-28(17-19-31(27)34-21-20-32(7-2,8-3)9-4)29-18-16-26(22-30(29)33)15-14-25-12-10-24(5)11-13-25/h16-19,22-25H,6-15,20-21H2,1-5H3. The van der Waals surface area contributed by atoms with Gasteiger partial charge in [0.2, 0.25) is 0 Å². The Hall–Kier alpha value is -1.83. The van der Waals surface area contributed by atoms with Gasteiger partial charge in [-0.3, -0.25) is 0 Å². The molecule has 0 N–H and O–H groups in total. The fraction of sp³-hybridized carbons (Fsp3) is 0.625. The quantitative estimate of drug-likeness (QED) is 0.302. The summed E-state index contributed by atoms with van der Waals surface area (Å²) in [7, 11) is 0. The van der Waals surface area contributed by atoms with Crippen molar-refractivity contribution >= 4 is 0 Å². The Labute approximate surface area is 208 Å². The predicted molar refractivity (Wildman–Crippen MR) is 144 cm³/mol. The van der Waals surface area contributed by atoms with Gasteiger partial charge in [-0.05, 0) is 77.8 Å². The monoisotopic (exact) mass is 466 g/mol. The number of ether oxygens (including phenoxy) is 1. The molecule has 34 heavy (non-hydrogen) atoms. The number of hydrogen-bond acceptors (Lipinski definition) is 1. The van der Waals surface area contributed by atoms with Crippen LogP contribution < -0.4 is 4.74 Å². The van der Waals surface area contributed by atoms with E-state index in [2.05, 4.69) is 46.8 Å². The smallest absolute Gasteiger partial charge is 0.131 e. The Morgan fingerprint density at radius 2 is 1.62 bits per heavy atom. The van der Waals surface area contributed by atoms with Gasteiger partial charge >= 0.3 is 0 Å². The van der Waals surface area contributed by atoms with Gasteiger partial charge < -0.3 is 4.74 Å². The Morgan fingerprint density at radius 3 is 2.24 bits per heavy atom. The largest absolute Gasteiger partial charge is 0.493 e. The lowest BCUT2D eigenvalue weighted by Gasteiger charge is -2.30. The van der Waals surface area contributed by atoms with Gasteiger partial charge in [0.25, 0.3) is 0 Å². The summed E-state index contributed by atoms with van der Waals surface area (Å²) in [6, 6.07) is 12.0.